The molecule has 11 nitrogen and oxygen atoms in total. The van der Waals surface area contributed by atoms with Crippen molar-refractivity contribution in [1.82, 2.24) is 21.3 Å². The van der Waals surface area contributed by atoms with Crippen LogP contribution in [0.15, 0.2) is 60.7 Å². The molecule has 0 saturated carbocycles. The van der Waals surface area contributed by atoms with E-state index in [1.807, 2.05) is 36.4 Å². The molecule has 220 valence electrons. The fraction of sp³-hybridized carbons (Fsp3) is 0.400. The zero-order chi connectivity index (χ0) is 30.6. The summed E-state index contributed by atoms with van der Waals surface area (Å²) in [6.07, 6.45) is 0.922. The first-order valence-electron chi connectivity index (χ1n) is 13.5. The molecular formula is C30H39N5O6. The van der Waals surface area contributed by atoms with Gasteiger partial charge in [0.2, 0.25) is 29.4 Å². The fourth-order valence-electron chi connectivity index (χ4n) is 3.91. The van der Waals surface area contributed by atoms with E-state index in [1.165, 1.54) is 20.8 Å². The number of primary amides is 1. The lowest BCUT2D eigenvalue weighted by molar-refractivity contribution is -0.142. The number of Topliss-reactive ketones (excluding diaryl/α,β-unsaturated/α-hetero) is 1. The summed E-state index contributed by atoms with van der Waals surface area (Å²) in [5, 5.41) is 10.1. The third-order valence-electron chi connectivity index (χ3n) is 6.37. The van der Waals surface area contributed by atoms with E-state index in [0.29, 0.717) is 6.42 Å². The summed E-state index contributed by atoms with van der Waals surface area (Å²) in [5.74, 6) is -4.50. The molecule has 2 aromatic carbocycles. The van der Waals surface area contributed by atoms with Gasteiger partial charge in [0.05, 0.1) is 12.5 Å². The van der Waals surface area contributed by atoms with Gasteiger partial charge in [0.1, 0.15) is 17.6 Å². The summed E-state index contributed by atoms with van der Waals surface area (Å²) in [7, 11) is 0. The number of hydrogen-bond acceptors (Lipinski definition) is 6. The summed E-state index contributed by atoms with van der Waals surface area (Å²) in [5.41, 5.74) is 5.51. The molecule has 0 bridgehead atoms. The van der Waals surface area contributed by atoms with Gasteiger partial charge in [-0.2, -0.15) is 0 Å². The van der Waals surface area contributed by atoms with E-state index in [9.17, 15) is 28.8 Å². The molecule has 0 fully saturated rings. The lowest BCUT2D eigenvalue weighted by Gasteiger charge is -2.26. The first-order chi connectivity index (χ1) is 19.3. The molecule has 6 N–H and O–H groups in total. The molecule has 2 aromatic rings. The number of hydrogen-bond donors (Lipinski definition) is 5. The molecule has 3 atom stereocenters. The zero-order valence-corrected chi connectivity index (χ0v) is 23.9. The summed E-state index contributed by atoms with van der Waals surface area (Å²) < 4.78 is 0. The van der Waals surface area contributed by atoms with Gasteiger partial charge in [0.15, 0.2) is 0 Å². The van der Waals surface area contributed by atoms with Crippen LogP contribution in [0.1, 0.15) is 51.7 Å². The van der Waals surface area contributed by atoms with Crippen molar-refractivity contribution in [1.29, 1.82) is 0 Å². The molecule has 0 aliphatic carbocycles. The van der Waals surface area contributed by atoms with Crippen molar-refractivity contribution in [2.75, 3.05) is 0 Å². The minimum Gasteiger partial charge on any atom is -0.368 e. The Labute approximate surface area is 240 Å². The van der Waals surface area contributed by atoms with Crippen molar-refractivity contribution in [2.24, 2.45) is 5.73 Å². The minimum absolute atomic E-state index is 0.0593. The van der Waals surface area contributed by atoms with Gasteiger partial charge in [-0.1, -0.05) is 74.0 Å². The summed E-state index contributed by atoms with van der Waals surface area (Å²) >= 11 is 0. The van der Waals surface area contributed by atoms with Crippen LogP contribution in [-0.2, 0) is 41.6 Å². The van der Waals surface area contributed by atoms with E-state index >= 15 is 0 Å². The summed E-state index contributed by atoms with van der Waals surface area (Å²) in [4.78, 5) is 75.8. The van der Waals surface area contributed by atoms with E-state index < -0.39 is 53.1 Å². The number of nitrogens with two attached hydrogens (primary N) is 1. The lowest BCUT2D eigenvalue weighted by Crippen LogP contribution is -2.59. The van der Waals surface area contributed by atoms with Gasteiger partial charge < -0.3 is 27.0 Å². The van der Waals surface area contributed by atoms with Crippen molar-refractivity contribution in [3.05, 3.63) is 71.8 Å². The van der Waals surface area contributed by atoms with Crippen LogP contribution in [-0.4, -0.2) is 59.0 Å². The smallest absolute Gasteiger partial charge is 0.290 e. The molecule has 5 amide bonds. The van der Waals surface area contributed by atoms with E-state index in [2.05, 4.69) is 21.3 Å². The highest BCUT2D eigenvalue weighted by molar-refractivity contribution is 6.38. The average molecular weight is 566 g/mol. The monoisotopic (exact) mass is 565 g/mol. The van der Waals surface area contributed by atoms with E-state index in [1.54, 1.807) is 31.2 Å². The van der Waals surface area contributed by atoms with Crippen molar-refractivity contribution in [2.45, 2.75) is 77.0 Å². The molecule has 0 saturated heterocycles. The Balaban J connectivity index is 2.09. The quantitative estimate of drug-likeness (QED) is 0.199. The molecule has 0 radical (unpaired) electrons. The largest absolute Gasteiger partial charge is 0.368 e. The standard InChI is InChI=1S/C30H39N5O6/c1-5-12-22(27(39)35-30(3,4)29(31)41)34-28(40)25(37)19(2)32-26(38)23(17-20-13-8-6-9-14-20)33-24(36)18-21-15-10-7-11-16-21/h6-11,13-16,19,22-23H,5,12,17-18H2,1-4H3,(H2,31,41)(H,32,38)(H,33,36)(H,34,40)(H,35,39). The Morgan fingerprint density at radius 2 is 1.34 bits per heavy atom. The Morgan fingerprint density at radius 1 is 0.780 bits per heavy atom. The maximum atomic E-state index is 13.2. The number of amides is 5. The first kappa shape index (κ1) is 32.7. The van der Waals surface area contributed by atoms with Crippen LogP contribution in [0.4, 0.5) is 0 Å². The highest BCUT2D eigenvalue weighted by atomic mass is 16.2. The number of nitrogens with one attached hydrogen (secondary N) is 4. The van der Waals surface area contributed by atoms with E-state index in [0.717, 1.165) is 11.1 Å². The van der Waals surface area contributed by atoms with Gasteiger partial charge in [-0.3, -0.25) is 28.8 Å². The molecule has 41 heavy (non-hydrogen) atoms. The Kier molecular flexibility index (Phi) is 12.2. The van der Waals surface area contributed by atoms with Gasteiger partial charge in [-0.05, 0) is 38.3 Å². The summed E-state index contributed by atoms with van der Waals surface area (Å²) in [6.45, 7) is 5.97. The Morgan fingerprint density at radius 3 is 1.88 bits per heavy atom. The number of benzene rings is 2. The maximum Gasteiger partial charge on any atom is 0.290 e. The molecule has 0 spiro atoms. The molecule has 0 aliphatic heterocycles. The third kappa shape index (κ3) is 10.5. The molecular weight excluding hydrogens is 526 g/mol. The van der Waals surface area contributed by atoms with Gasteiger partial charge in [0.25, 0.3) is 5.91 Å². The van der Waals surface area contributed by atoms with E-state index in [-0.39, 0.29) is 25.2 Å². The van der Waals surface area contributed by atoms with Gasteiger partial charge in [-0.25, -0.2) is 0 Å². The second kappa shape index (κ2) is 15.3. The second-order valence-corrected chi connectivity index (χ2v) is 10.4. The van der Waals surface area contributed by atoms with Gasteiger partial charge in [-0.15, -0.1) is 0 Å². The fourth-order valence-corrected chi connectivity index (χ4v) is 3.91. The molecule has 0 aliphatic rings. The molecule has 11 heteroatoms. The van der Waals surface area contributed by atoms with Crippen LogP contribution in [0.25, 0.3) is 0 Å². The molecule has 0 heterocycles. The van der Waals surface area contributed by atoms with Crippen molar-refractivity contribution < 1.29 is 28.8 Å². The van der Waals surface area contributed by atoms with Gasteiger partial charge in [0, 0.05) is 6.42 Å². The Bertz CT molecular complexity index is 1230. The number of ketones is 1. The van der Waals surface area contributed by atoms with Crippen LogP contribution in [0.2, 0.25) is 0 Å². The zero-order valence-electron chi connectivity index (χ0n) is 23.9. The minimum atomic E-state index is -1.36. The SMILES string of the molecule is CCCC(NC(=O)C(=O)C(C)NC(=O)C(Cc1ccccc1)NC(=O)Cc1ccccc1)C(=O)NC(C)(C)C(N)=O. The molecule has 3 unspecified atom stereocenters. The number of rotatable bonds is 15. The predicted molar refractivity (Wildman–Crippen MR) is 153 cm³/mol. The highest BCUT2D eigenvalue weighted by Crippen LogP contribution is 2.07. The number of carbonyl (C=O) groups is 6. The predicted octanol–water partition coefficient (Wildman–Crippen LogP) is 0.695. The highest BCUT2D eigenvalue weighted by Gasteiger charge is 2.33. The molecule has 0 aromatic heterocycles. The third-order valence-corrected chi connectivity index (χ3v) is 6.37. The lowest BCUT2D eigenvalue weighted by atomic mass is 10.0. The van der Waals surface area contributed by atoms with Crippen LogP contribution in [0.3, 0.4) is 0 Å². The molecule has 2 rings (SSSR count). The van der Waals surface area contributed by atoms with Crippen molar-refractivity contribution >= 4 is 35.3 Å². The van der Waals surface area contributed by atoms with Crippen molar-refractivity contribution in [3.63, 3.8) is 0 Å². The van der Waals surface area contributed by atoms with E-state index in [4.69, 9.17) is 5.73 Å². The normalized spacial score (nSPS) is 13.2. The Hall–Kier alpha value is -4.54. The first-order valence-corrected chi connectivity index (χ1v) is 13.5. The topological polar surface area (TPSA) is 177 Å². The van der Waals surface area contributed by atoms with Crippen LogP contribution in [0.5, 0.6) is 0 Å². The summed E-state index contributed by atoms with van der Waals surface area (Å²) in [6, 6.07) is 14.7. The van der Waals surface area contributed by atoms with Gasteiger partial charge >= 0.3 is 0 Å². The second-order valence-electron chi connectivity index (χ2n) is 10.4. The maximum absolute atomic E-state index is 13.2. The van der Waals surface area contributed by atoms with Crippen LogP contribution in [0, 0.1) is 0 Å². The van der Waals surface area contributed by atoms with Crippen LogP contribution < -0.4 is 27.0 Å². The average Bonchev–Trinajstić information content (AvgIpc) is 2.92. The van der Waals surface area contributed by atoms with Crippen molar-refractivity contribution in [3.8, 4) is 0 Å². The number of carbonyl (C=O) groups excluding carboxylic acids is 6. The van der Waals surface area contributed by atoms with Crippen LogP contribution >= 0.6 is 0 Å².